The van der Waals surface area contributed by atoms with Crippen molar-refractivity contribution in [2.75, 3.05) is 26.4 Å². The van der Waals surface area contributed by atoms with Gasteiger partial charge in [-0.2, -0.15) is 0 Å². The third-order valence-corrected chi connectivity index (χ3v) is 3.53. The van der Waals surface area contributed by atoms with Crippen LogP contribution in [0.4, 0.5) is 0 Å². The smallest absolute Gasteiger partial charge is 0.0648 e. The van der Waals surface area contributed by atoms with Gasteiger partial charge in [-0.3, -0.25) is 0 Å². The Morgan fingerprint density at radius 2 is 1.33 bits per heavy atom. The molecule has 2 aliphatic heterocycles. The van der Waals surface area contributed by atoms with E-state index in [-0.39, 0.29) is 0 Å². The molecule has 0 aromatic carbocycles. The largest absolute Gasteiger partial charge is 0.380 e. The summed E-state index contributed by atoms with van der Waals surface area (Å²) >= 11 is 0. The molecule has 0 radical (unpaired) electrons. The molecule has 2 rings (SSSR count). The lowest BCUT2D eigenvalue weighted by Gasteiger charge is -2.39. The molecule has 15 heavy (non-hydrogen) atoms. The molecule has 0 saturated carbocycles. The van der Waals surface area contributed by atoms with E-state index in [9.17, 15) is 0 Å². The molecule has 2 unspecified atom stereocenters. The topological polar surface area (TPSA) is 27.7 Å². The normalized spacial score (nSPS) is 26.8. The molecule has 0 N–H and O–H groups in total. The summed E-state index contributed by atoms with van der Waals surface area (Å²) < 4.78 is 16.7. The molecule has 3 nitrogen and oxygen atoms in total. The van der Waals surface area contributed by atoms with Gasteiger partial charge in [-0.05, 0) is 12.8 Å². The Morgan fingerprint density at radius 1 is 0.933 bits per heavy atom. The summed E-state index contributed by atoms with van der Waals surface area (Å²) in [5.41, 5.74) is 0. The number of ether oxygens (including phenoxy) is 3. The van der Waals surface area contributed by atoms with Gasteiger partial charge in [0.2, 0.25) is 0 Å². The maximum Gasteiger partial charge on any atom is 0.0648 e. The average molecular weight is 214 g/mol. The van der Waals surface area contributed by atoms with Crippen molar-refractivity contribution in [3.63, 3.8) is 0 Å². The Labute approximate surface area is 92.1 Å². The predicted molar refractivity (Wildman–Crippen MR) is 57.9 cm³/mol. The van der Waals surface area contributed by atoms with E-state index in [4.69, 9.17) is 14.2 Å². The van der Waals surface area contributed by atoms with E-state index in [2.05, 4.69) is 13.8 Å². The summed E-state index contributed by atoms with van der Waals surface area (Å²) in [6.07, 6.45) is 2.98. The summed E-state index contributed by atoms with van der Waals surface area (Å²) in [6.45, 7) is 7.94. The summed E-state index contributed by atoms with van der Waals surface area (Å²) in [5, 5.41) is 0. The van der Waals surface area contributed by atoms with Gasteiger partial charge in [0.1, 0.15) is 0 Å². The summed E-state index contributed by atoms with van der Waals surface area (Å²) in [5.74, 6) is 1.26. The number of hydrogen-bond acceptors (Lipinski definition) is 3. The van der Waals surface area contributed by atoms with Crippen molar-refractivity contribution in [1.29, 1.82) is 0 Å². The second-order valence-electron chi connectivity index (χ2n) is 4.62. The van der Waals surface area contributed by atoms with E-state index >= 15 is 0 Å². The Bertz CT molecular complexity index is 167. The van der Waals surface area contributed by atoms with E-state index in [1.165, 1.54) is 0 Å². The van der Waals surface area contributed by atoms with Crippen LogP contribution in [0.5, 0.6) is 0 Å². The van der Waals surface area contributed by atoms with Gasteiger partial charge in [0.05, 0.1) is 38.6 Å². The van der Waals surface area contributed by atoms with Gasteiger partial charge in [-0.25, -0.2) is 0 Å². The van der Waals surface area contributed by atoms with Gasteiger partial charge in [0.15, 0.2) is 0 Å². The van der Waals surface area contributed by atoms with Gasteiger partial charge in [0.25, 0.3) is 0 Å². The van der Waals surface area contributed by atoms with Crippen LogP contribution in [-0.4, -0.2) is 38.6 Å². The van der Waals surface area contributed by atoms with Crippen molar-refractivity contribution in [3.8, 4) is 0 Å². The minimum atomic E-state index is 0.393. The van der Waals surface area contributed by atoms with Crippen LogP contribution >= 0.6 is 0 Å². The van der Waals surface area contributed by atoms with Crippen molar-refractivity contribution in [3.05, 3.63) is 0 Å². The second-order valence-corrected chi connectivity index (χ2v) is 4.62. The molecule has 0 aromatic rings. The van der Waals surface area contributed by atoms with Crippen molar-refractivity contribution in [1.82, 2.24) is 0 Å². The highest BCUT2D eigenvalue weighted by Crippen LogP contribution is 2.27. The Balaban J connectivity index is 1.79. The molecule has 2 aliphatic rings. The summed E-state index contributed by atoms with van der Waals surface area (Å²) in [6, 6.07) is 0. The molecule has 2 atom stereocenters. The monoisotopic (exact) mass is 214 g/mol. The third-order valence-electron chi connectivity index (χ3n) is 3.53. The van der Waals surface area contributed by atoms with Crippen LogP contribution in [0, 0.1) is 11.8 Å². The van der Waals surface area contributed by atoms with Crippen molar-refractivity contribution < 1.29 is 14.2 Å². The predicted octanol–water partition coefficient (Wildman–Crippen LogP) is 1.85. The fraction of sp³-hybridized carbons (Fsp3) is 1.00. The molecular weight excluding hydrogens is 192 g/mol. The highest BCUT2D eigenvalue weighted by atomic mass is 16.5. The van der Waals surface area contributed by atoms with Crippen LogP contribution in [-0.2, 0) is 14.2 Å². The van der Waals surface area contributed by atoms with Gasteiger partial charge < -0.3 is 14.2 Å². The lowest BCUT2D eigenvalue weighted by Crippen LogP contribution is -2.45. The standard InChI is InChI=1S/C12H22O3/c1-3-11(9-5-13-6-9)15-12(4-2)10-7-14-8-10/h9-12H,3-8H2,1-2H3. The van der Waals surface area contributed by atoms with Crippen molar-refractivity contribution >= 4 is 0 Å². The van der Waals surface area contributed by atoms with Crippen molar-refractivity contribution in [2.45, 2.75) is 38.9 Å². The molecule has 2 saturated heterocycles. The second kappa shape index (κ2) is 5.28. The third kappa shape index (κ3) is 2.52. The fourth-order valence-electron chi connectivity index (χ4n) is 2.24. The molecule has 2 fully saturated rings. The maximum absolute atomic E-state index is 6.20. The Morgan fingerprint density at radius 3 is 1.53 bits per heavy atom. The fourth-order valence-corrected chi connectivity index (χ4v) is 2.24. The van der Waals surface area contributed by atoms with Crippen LogP contribution in [0.25, 0.3) is 0 Å². The van der Waals surface area contributed by atoms with Gasteiger partial charge in [-0.1, -0.05) is 13.8 Å². The average Bonchev–Trinajstić information content (AvgIpc) is 2.09. The molecule has 0 bridgehead atoms. The van der Waals surface area contributed by atoms with E-state index < -0.39 is 0 Å². The van der Waals surface area contributed by atoms with Gasteiger partial charge >= 0.3 is 0 Å². The highest BCUT2D eigenvalue weighted by molar-refractivity contribution is 4.80. The molecule has 88 valence electrons. The first-order chi connectivity index (χ1) is 7.35. The number of rotatable bonds is 6. The quantitative estimate of drug-likeness (QED) is 0.675. The van der Waals surface area contributed by atoms with E-state index in [0.29, 0.717) is 24.0 Å². The zero-order valence-electron chi connectivity index (χ0n) is 9.78. The maximum atomic E-state index is 6.20. The van der Waals surface area contributed by atoms with Crippen molar-refractivity contribution in [2.24, 2.45) is 11.8 Å². The zero-order chi connectivity index (χ0) is 10.7. The molecule has 0 aliphatic carbocycles. The van der Waals surface area contributed by atoms with E-state index in [1.54, 1.807) is 0 Å². The first-order valence-corrected chi connectivity index (χ1v) is 6.16. The SMILES string of the molecule is CCC(OC(CC)C1COC1)C1COC1. The van der Waals surface area contributed by atoms with Gasteiger partial charge in [-0.15, -0.1) is 0 Å². The number of hydrogen-bond donors (Lipinski definition) is 0. The summed E-state index contributed by atoms with van der Waals surface area (Å²) in [4.78, 5) is 0. The van der Waals surface area contributed by atoms with Crippen LogP contribution in [0.1, 0.15) is 26.7 Å². The van der Waals surface area contributed by atoms with Crippen LogP contribution in [0.3, 0.4) is 0 Å². The highest BCUT2D eigenvalue weighted by Gasteiger charge is 2.34. The van der Waals surface area contributed by atoms with E-state index in [0.717, 1.165) is 39.3 Å². The molecule has 0 aromatic heterocycles. The minimum absolute atomic E-state index is 0.393. The van der Waals surface area contributed by atoms with Gasteiger partial charge in [0, 0.05) is 11.8 Å². The lowest BCUT2D eigenvalue weighted by molar-refractivity contribution is -0.176. The summed E-state index contributed by atoms with van der Waals surface area (Å²) in [7, 11) is 0. The van der Waals surface area contributed by atoms with Crippen LogP contribution in [0.2, 0.25) is 0 Å². The molecule has 0 amide bonds. The first-order valence-electron chi connectivity index (χ1n) is 6.16. The molecular formula is C12H22O3. The Hall–Kier alpha value is -0.120. The zero-order valence-corrected chi connectivity index (χ0v) is 9.78. The minimum Gasteiger partial charge on any atom is -0.380 e. The van der Waals surface area contributed by atoms with Crippen LogP contribution < -0.4 is 0 Å². The van der Waals surface area contributed by atoms with E-state index in [1.807, 2.05) is 0 Å². The Kier molecular flexibility index (Phi) is 4.00. The first kappa shape index (κ1) is 11.4. The molecule has 2 heterocycles. The van der Waals surface area contributed by atoms with Crippen LogP contribution in [0.15, 0.2) is 0 Å². The molecule has 0 spiro atoms. The molecule has 3 heteroatoms. The lowest BCUT2D eigenvalue weighted by atomic mass is 9.95.